The number of hydrogen-bond donors (Lipinski definition) is 1. The summed E-state index contributed by atoms with van der Waals surface area (Å²) in [6, 6.07) is 7.02. The Morgan fingerprint density at radius 2 is 2.05 bits per heavy atom. The van der Waals surface area contributed by atoms with Crippen LogP contribution in [-0.4, -0.2) is 29.6 Å². The molecule has 2 nitrogen and oxygen atoms in total. The van der Waals surface area contributed by atoms with Crippen molar-refractivity contribution >= 4 is 22.9 Å². The van der Waals surface area contributed by atoms with Crippen LogP contribution < -0.4 is 5.32 Å². The summed E-state index contributed by atoms with van der Waals surface area (Å²) in [6.45, 7) is 5.79. The van der Waals surface area contributed by atoms with Crippen LogP contribution in [0.2, 0.25) is 4.34 Å². The Labute approximate surface area is 137 Å². The van der Waals surface area contributed by atoms with E-state index in [4.69, 9.17) is 11.6 Å². The normalized spacial score (nSPS) is 31.3. The van der Waals surface area contributed by atoms with E-state index in [0.717, 1.165) is 22.5 Å². The highest BCUT2D eigenvalue weighted by Gasteiger charge is 2.40. The van der Waals surface area contributed by atoms with E-state index in [1.807, 2.05) is 6.07 Å². The predicted molar refractivity (Wildman–Crippen MR) is 92.3 cm³/mol. The summed E-state index contributed by atoms with van der Waals surface area (Å²) in [6.07, 6.45) is 8.01. The van der Waals surface area contributed by atoms with E-state index in [0.29, 0.717) is 6.04 Å². The van der Waals surface area contributed by atoms with E-state index in [9.17, 15) is 0 Å². The molecule has 0 radical (unpaired) electrons. The average Bonchev–Trinajstić information content (AvgIpc) is 2.90. The molecule has 1 N–H and O–H groups in total. The minimum atomic E-state index is 0.518. The van der Waals surface area contributed by atoms with Crippen LogP contribution in [0, 0.1) is 0 Å². The molecule has 2 aliphatic heterocycles. The molecule has 1 aromatic heterocycles. The Kier molecular flexibility index (Phi) is 5.26. The highest BCUT2D eigenvalue weighted by atomic mass is 35.5. The molecule has 3 rings (SSSR count). The summed E-state index contributed by atoms with van der Waals surface area (Å²) in [5, 5.41) is 3.76. The average molecular weight is 327 g/mol. The summed E-state index contributed by atoms with van der Waals surface area (Å²) >= 11 is 7.89. The fraction of sp³-hybridized carbons (Fsp3) is 0.765. The van der Waals surface area contributed by atoms with E-state index < -0.39 is 0 Å². The first-order valence-corrected chi connectivity index (χ1v) is 9.64. The number of nitrogens with one attached hydrogen (secondary N) is 1. The Morgan fingerprint density at radius 1 is 1.33 bits per heavy atom. The molecule has 0 aromatic carbocycles. The summed E-state index contributed by atoms with van der Waals surface area (Å²) in [5.74, 6) is 0. The molecule has 2 bridgehead atoms. The molecule has 0 saturated carbocycles. The molecule has 1 aromatic rings. The molecule has 118 valence electrons. The fourth-order valence-corrected chi connectivity index (χ4v) is 5.38. The molecular formula is C17H27ClN2S. The molecule has 2 aliphatic rings. The lowest BCUT2D eigenvalue weighted by atomic mass is 9.80. The van der Waals surface area contributed by atoms with Crippen molar-refractivity contribution in [1.82, 2.24) is 10.2 Å². The minimum absolute atomic E-state index is 0.518. The van der Waals surface area contributed by atoms with Crippen molar-refractivity contribution in [2.24, 2.45) is 0 Å². The number of rotatable bonds is 5. The van der Waals surface area contributed by atoms with Gasteiger partial charge >= 0.3 is 0 Å². The molecule has 21 heavy (non-hydrogen) atoms. The van der Waals surface area contributed by atoms with Gasteiger partial charge in [-0.05, 0) is 57.7 Å². The fourth-order valence-electron chi connectivity index (χ4n) is 4.26. The highest BCUT2D eigenvalue weighted by molar-refractivity contribution is 7.16. The summed E-state index contributed by atoms with van der Waals surface area (Å²) in [4.78, 5) is 4.23. The molecule has 2 fully saturated rings. The number of hydrogen-bond acceptors (Lipinski definition) is 3. The van der Waals surface area contributed by atoms with Crippen molar-refractivity contribution in [2.45, 2.75) is 76.5 Å². The van der Waals surface area contributed by atoms with E-state index in [2.05, 4.69) is 30.1 Å². The number of nitrogens with zero attached hydrogens (tertiary/aromatic N) is 1. The van der Waals surface area contributed by atoms with Crippen LogP contribution in [0.15, 0.2) is 12.1 Å². The summed E-state index contributed by atoms with van der Waals surface area (Å²) in [5.41, 5.74) is 0. The van der Waals surface area contributed by atoms with Crippen LogP contribution in [0.4, 0.5) is 0 Å². The van der Waals surface area contributed by atoms with Gasteiger partial charge in [0.2, 0.25) is 0 Å². The van der Waals surface area contributed by atoms with E-state index in [-0.39, 0.29) is 0 Å². The van der Waals surface area contributed by atoms with Gasteiger partial charge in [0.1, 0.15) is 0 Å². The van der Waals surface area contributed by atoms with Crippen LogP contribution in [0.1, 0.15) is 63.3 Å². The van der Waals surface area contributed by atoms with E-state index in [1.165, 1.54) is 49.9 Å². The largest absolute Gasteiger partial charge is 0.314 e. The molecule has 0 spiro atoms. The first-order chi connectivity index (χ1) is 10.2. The molecule has 2 saturated heterocycles. The van der Waals surface area contributed by atoms with Crippen molar-refractivity contribution in [2.75, 3.05) is 6.54 Å². The van der Waals surface area contributed by atoms with Crippen molar-refractivity contribution in [3.8, 4) is 0 Å². The molecule has 3 heterocycles. The van der Waals surface area contributed by atoms with Gasteiger partial charge in [0.15, 0.2) is 0 Å². The first kappa shape index (κ1) is 15.8. The third-order valence-electron chi connectivity index (χ3n) is 5.17. The maximum atomic E-state index is 6.13. The molecule has 0 aliphatic carbocycles. The first-order valence-electron chi connectivity index (χ1n) is 8.45. The second-order valence-corrected chi connectivity index (χ2v) is 8.37. The Balaban J connectivity index is 1.71. The summed E-state index contributed by atoms with van der Waals surface area (Å²) in [7, 11) is 0. The van der Waals surface area contributed by atoms with Crippen molar-refractivity contribution < 1.29 is 0 Å². The van der Waals surface area contributed by atoms with Crippen LogP contribution in [0.3, 0.4) is 0 Å². The molecular weight excluding hydrogens is 300 g/mol. The van der Waals surface area contributed by atoms with Crippen LogP contribution >= 0.6 is 22.9 Å². The molecule has 3 atom stereocenters. The quantitative estimate of drug-likeness (QED) is 0.832. The van der Waals surface area contributed by atoms with Gasteiger partial charge in [-0.15, -0.1) is 11.3 Å². The zero-order valence-corrected chi connectivity index (χ0v) is 14.7. The third kappa shape index (κ3) is 3.47. The zero-order valence-electron chi connectivity index (χ0n) is 13.1. The van der Waals surface area contributed by atoms with Crippen LogP contribution in [-0.2, 0) is 0 Å². The standard InChI is InChI=1S/C17H27ClN2S/c1-3-9-19-13-10-14-5-4-6-15(11-13)20(14)12(2)16-7-8-17(18)21-16/h7-8,12-15,19H,3-6,9-11H2,1-2H3. The number of fused-ring (bicyclic) bond motifs is 2. The van der Waals surface area contributed by atoms with E-state index >= 15 is 0 Å². The number of thiophene rings is 1. The maximum absolute atomic E-state index is 6.13. The highest BCUT2D eigenvalue weighted by Crippen LogP contribution is 2.41. The SMILES string of the molecule is CCCNC1CC2CCCC(C1)N2C(C)c1ccc(Cl)s1. The second kappa shape index (κ2) is 6.99. The number of halogens is 1. The number of piperidine rings is 2. The van der Waals surface area contributed by atoms with Crippen LogP contribution in [0.5, 0.6) is 0 Å². The van der Waals surface area contributed by atoms with E-state index in [1.54, 1.807) is 11.3 Å². The smallest absolute Gasteiger partial charge is 0.0931 e. The summed E-state index contributed by atoms with van der Waals surface area (Å²) < 4.78 is 0.918. The van der Waals surface area contributed by atoms with Gasteiger partial charge < -0.3 is 5.32 Å². The second-order valence-electron chi connectivity index (χ2n) is 6.63. The Morgan fingerprint density at radius 3 is 2.62 bits per heavy atom. The Hall–Kier alpha value is -0.0900. The van der Waals surface area contributed by atoms with Gasteiger partial charge in [0.05, 0.1) is 4.34 Å². The zero-order chi connectivity index (χ0) is 14.8. The topological polar surface area (TPSA) is 15.3 Å². The lowest BCUT2D eigenvalue weighted by molar-refractivity contribution is -0.00518. The van der Waals surface area contributed by atoms with Gasteiger partial charge in [-0.1, -0.05) is 24.9 Å². The minimum Gasteiger partial charge on any atom is -0.314 e. The molecule has 3 unspecified atom stereocenters. The monoisotopic (exact) mass is 326 g/mol. The van der Waals surface area contributed by atoms with Gasteiger partial charge in [-0.25, -0.2) is 0 Å². The van der Waals surface area contributed by atoms with Gasteiger partial charge in [-0.2, -0.15) is 0 Å². The lowest BCUT2D eigenvalue weighted by Gasteiger charge is -2.51. The van der Waals surface area contributed by atoms with Crippen molar-refractivity contribution in [1.29, 1.82) is 0 Å². The predicted octanol–water partition coefficient (Wildman–Crippen LogP) is 4.85. The maximum Gasteiger partial charge on any atom is 0.0931 e. The Bertz CT molecular complexity index is 447. The third-order valence-corrected chi connectivity index (χ3v) is 6.57. The molecule has 0 amide bonds. The van der Waals surface area contributed by atoms with Gasteiger partial charge in [-0.3, -0.25) is 4.90 Å². The lowest BCUT2D eigenvalue weighted by Crippen LogP contribution is -2.56. The van der Waals surface area contributed by atoms with Gasteiger partial charge in [0, 0.05) is 29.0 Å². The van der Waals surface area contributed by atoms with Crippen LogP contribution in [0.25, 0.3) is 0 Å². The van der Waals surface area contributed by atoms with Crippen molar-refractivity contribution in [3.63, 3.8) is 0 Å². The van der Waals surface area contributed by atoms with Crippen molar-refractivity contribution in [3.05, 3.63) is 21.3 Å². The van der Waals surface area contributed by atoms with Gasteiger partial charge in [0.25, 0.3) is 0 Å². The molecule has 4 heteroatoms.